The van der Waals surface area contributed by atoms with Gasteiger partial charge in [0.2, 0.25) is 5.79 Å². The number of nitrogens with two attached hydrogens (primary N) is 1. The van der Waals surface area contributed by atoms with Gasteiger partial charge >= 0.3 is 0 Å². The zero-order chi connectivity index (χ0) is 22.3. The Morgan fingerprint density at radius 1 is 1.19 bits per heavy atom. The van der Waals surface area contributed by atoms with Gasteiger partial charge in [-0.05, 0) is 60.8 Å². The van der Waals surface area contributed by atoms with Crippen molar-refractivity contribution in [1.29, 1.82) is 0 Å². The number of rotatable bonds is 4. The summed E-state index contributed by atoms with van der Waals surface area (Å²) >= 11 is 6.23. The molecule has 2 aliphatic rings. The highest BCUT2D eigenvalue weighted by Gasteiger charge is 2.32. The molecular formula is C24H26ClN7. The molecule has 1 unspecified atom stereocenters. The number of allylic oxidation sites excluding steroid dienone is 1. The van der Waals surface area contributed by atoms with Crippen LogP contribution in [-0.2, 0) is 25.8 Å². The van der Waals surface area contributed by atoms with Crippen molar-refractivity contribution in [3.05, 3.63) is 87.5 Å². The second-order valence-corrected chi connectivity index (χ2v) is 8.75. The fourth-order valence-electron chi connectivity index (χ4n) is 4.13. The summed E-state index contributed by atoms with van der Waals surface area (Å²) in [5.41, 5.74) is 14.0. The molecule has 2 aromatic carbocycles. The summed E-state index contributed by atoms with van der Waals surface area (Å²) in [6, 6.07) is 12.2. The summed E-state index contributed by atoms with van der Waals surface area (Å²) in [5, 5.41) is 15.4. The molecule has 3 heterocycles. The molecule has 5 N–H and O–H groups in total. The van der Waals surface area contributed by atoms with E-state index in [1.54, 1.807) is 10.9 Å². The molecule has 32 heavy (non-hydrogen) atoms. The van der Waals surface area contributed by atoms with E-state index in [1.165, 1.54) is 11.1 Å². The first kappa shape index (κ1) is 20.8. The molecular weight excluding hydrogens is 422 g/mol. The van der Waals surface area contributed by atoms with E-state index >= 15 is 0 Å². The topological polar surface area (TPSA) is 92.3 Å². The standard InChI is InChI=1S/C24H26ClN7/c1-15-9-19(4-6-22(15)25)24(26)28-13-21(18-12-29-32(2)14-18)23(31-24)30-20-5-3-16-7-8-27-11-17(16)10-20/h3-6,9-10,12-14,27,30-31H,7-8,11,26H2,1-2H3. The zero-order valence-electron chi connectivity index (χ0n) is 18.1. The molecule has 0 bridgehead atoms. The third-order valence-electron chi connectivity index (χ3n) is 5.96. The molecule has 2 aliphatic heterocycles. The van der Waals surface area contributed by atoms with Gasteiger partial charge < -0.3 is 16.0 Å². The highest BCUT2D eigenvalue weighted by molar-refractivity contribution is 6.31. The summed E-state index contributed by atoms with van der Waals surface area (Å²) in [5.74, 6) is -0.356. The quantitative estimate of drug-likeness (QED) is 0.492. The van der Waals surface area contributed by atoms with Crippen LogP contribution in [0, 0.1) is 6.92 Å². The summed E-state index contributed by atoms with van der Waals surface area (Å²) < 4.78 is 1.77. The lowest BCUT2D eigenvalue weighted by Crippen LogP contribution is -2.51. The number of hydrogen-bond donors (Lipinski definition) is 4. The third kappa shape index (κ3) is 3.90. The second kappa shape index (κ2) is 8.09. The Morgan fingerprint density at radius 3 is 2.84 bits per heavy atom. The van der Waals surface area contributed by atoms with Gasteiger partial charge in [0.15, 0.2) is 0 Å². The highest BCUT2D eigenvalue weighted by atomic mass is 35.5. The van der Waals surface area contributed by atoms with E-state index in [9.17, 15) is 0 Å². The van der Waals surface area contributed by atoms with Gasteiger partial charge in [-0.3, -0.25) is 10.4 Å². The molecule has 0 saturated carbocycles. The van der Waals surface area contributed by atoms with E-state index in [2.05, 4.69) is 44.2 Å². The molecule has 0 aliphatic carbocycles. The first-order chi connectivity index (χ1) is 15.4. The van der Waals surface area contributed by atoms with E-state index in [1.807, 2.05) is 44.6 Å². The largest absolute Gasteiger partial charge is 0.341 e. The van der Waals surface area contributed by atoms with Crippen molar-refractivity contribution < 1.29 is 0 Å². The minimum Gasteiger partial charge on any atom is -0.341 e. The Labute approximate surface area is 192 Å². The molecule has 0 radical (unpaired) electrons. The Kier molecular flexibility index (Phi) is 5.25. The number of aryl methyl sites for hydroxylation is 2. The minimum absolute atomic E-state index is 0.699. The van der Waals surface area contributed by atoms with Crippen LogP contribution in [0.2, 0.25) is 5.02 Å². The van der Waals surface area contributed by atoms with Crippen LogP contribution >= 0.6 is 11.6 Å². The lowest BCUT2D eigenvalue weighted by Gasteiger charge is -2.34. The molecule has 0 spiro atoms. The molecule has 5 rings (SSSR count). The van der Waals surface area contributed by atoms with E-state index in [0.717, 1.165) is 53.3 Å². The van der Waals surface area contributed by atoms with Gasteiger partial charge in [-0.15, -0.1) is 0 Å². The third-order valence-corrected chi connectivity index (χ3v) is 6.38. The van der Waals surface area contributed by atoms with Gasteiger partial charge in [0, 0.05) is 53.4 Å². The van der Waals surface area contributed by atoms with Crippen LogP contribution in [0.4, 0.5) is 5.69 Å². The van der Waals surface area contributed by atoms with Crippen LogP contribution in [0.15, 0.2) is 59.6 Å². The molecule has 1 atom stereocenters. The van der Waals surface area contributed by atoms with Crippen molar-refractivity contribution in [3.8, 4) is 0 Å². The summed E-state index contributed by atoms with van der Waals surface area (Å²) in [4.78, 5) is 4.69. The first-order valence-electron chi connectivity index (χ1n) is 10.6. The first-order valence-corrected chi connectivity index (χ1v) is 11.0. The van der Waals surface area contributed by atoms with Gasteiger partial charge in [0.05, 0.1) is 6.20 Å². The second-order valence-electron chi connectivity index (χ2n) is 8.34. The van der Waals surface area contributed by atoms with Crippen molar-refractivity contribution >= 4 is 29.1 Å². The Morgan fingerprint density at radius 2 is 2.06 bits per heavy atom. The van der Waals surface area contributed by atoms with Crippen LogP contribution < -0.4 is 21.7 Å². The lowest BCUT2D eigenvalue weighted by atomic mass is 10.00. The minimum atomic E-state index is -1.13. The molecule has 1 aromatic heterocycles. The monoisotopic (exact) mass is 447 g/mol. The Bertz CT molecular complexity index is 1240. The van der Waals surface area contributed by atoms with Crippen molar-refractivity contribution in [2.45, 2.75) is 25.7 Å². The fourth-order valence-corrected chi connectivity index (χ4v) is 4.25. The number of fused-ring (bicyclic) bond motifs is 1. The van der Waals surface area contributed by atoms with Crippen molar-refractivity contribution in [3.63, 3.8) is 0 Å². The van der Waals surface area contributed by atoms with E-state index in [-0.39, 0.29) is 0 Å². The van der Waals surface area contributed by atoms with Crippen LogP contribution in [-0.4, -0.2) is 22.5 Å². The van der Waals surface area contributed by atoms with Crippen LogP contribution in [0.1, 0.15) is 27.8 Å². The number of halogens is 1. The van der Waals surface area contributed by atoms with Gasteiger partial charge in [0.1, 0.15) is 5.82 Å². The van der Waals surface area contributed by atoms with Gasteiger partial charge in [-0.1, -0.05) is 23.7 Å². The van der Waals surface area contributed by atoms with Crippen molar-refractivity contribution in [1.82, 2.24) is 20.4 Å². The van der Waals surface area contributed by atoms with Crippen LogP contribution in [0.3, 0.4) is 0 Å². The smallest absolute Gasteiger partial charge is 0.210 e. The predicted octanol–water partition coefficient (Wildman–Crippen LogP) is 3.25. The maximum absolute atomic E-state index is 6.74. The van der Waals surface area contributed by atoms with Crippen molar-refractivity contribution in [2.24, 2.45) is 17.8 Å². The SMILES string of the molecule is Cc1cc(C2(N)N=CC(c3cnn(C)c3)=C(Nc3ccc4c(c3)CNCC4)N2)ccc1Cl. The van der Waals surface area contributed by atoms with E-state index in [4.69, 9.17) is 17.3 Å². The summed E-state index contributed by atoms with van der Waals surface area (Å²) in [6.45, 7) is 3.85. The molecule has 3 aromatic rings. The molecule has 0 saturated heterocycles. The van der Waals surface area contributed by atoms with E-state index in [0.29, 0.717) is 5.02 Å². The highest BCUT2D eigenvalue weighted by Crippen LogP contribution is 2.30. The number of nitrogens with one attached hydrogen (secondary N) is 3. The predicted molar refractivity (Wildman–Crippen MR) is 129 cm³/mol. The fraction of sp³-hybridized carbons (Fsp3) is 0.250. The molecule has 0 fully saturated rings. The normalized spacial score (nSPS) is 20.1. The number of benzene rings is 2. The molecule has 7 nitrogen and oxygen atoms in total. The average molecular weight is 448 g/mol. The van der Waals surface area contributed by atoms with Gasteiger partial charge in [-0.25, -0.2) is 4.99 Å². The lowest BCUT2D eigenvalue weighted by molar-refractivity contribution is 0.400. The summed E-state index contributed by atoms with van der Waals surface area (Å²) in [6.07, 6.45) is 6.63. The van der Waals surface area contributed by atoms with E-state index < -0.39 is 5.79 Å². The maximum atomic E-state index is 6.74. The Hall–Kier alpha value is -3.13. The number of aliphatic imine (C=N–C) groups is 1. The number of hydrogen-bond acceptors (Lipinski definition) is 6. The van der Waals surface area contributed by atoms with Gasteiger partial charge in [-0.2, -0.15) is 5.10 Å². The zero-order valence-corrected chi connectivity index (χ0v) is 18.9. The number of aromatic nitrogens is 2. The summed E-state index contributed by atoms with van der Waals surface area (Å²) in [7, 11) is 1.89. The molecule has 164 valence electrons. The van der Waals surface area contributed by atoms with Crippen molar-refractivity contribution in [2.75, 3.05) is 11.9 Å². The number of anilines is 1. The van der Waals surface area contributed by atoms with Gasteiger partial charge in [0.25, 0.3) is 0 Å². The van der Waals surface area contributed by atoms with Crippen LogP contribution in [0.25, 0.3) is 5.57 Å². The number of nitrogens with zero attached hydrogens (tertiary/aromatic N) is 3. The maximum Gasteiger partial charge on any atom is 0.210 e. The average Bonchev–Trinajstić information content (AvgIpc) is 3.21. The molecule has 0 amide bonds. The molecule has 8 heteroatoms. The van der Waals surface area contributed by atoms with Crippen LogP contribution in [0.5, 0.6) is 0 Å². The Balaban J connectivity index is 1.53.